The first kappa shape index (κ1) is 24.1. The van der Waals surface area contributed by atoms with E-state index in [9.17, 15) is 21.6 Å². The highest BCUT2D eigenvalue weighted by atomic mass is 32.2. The number of halogens is 3. The first-order valence-electron chi connectivity index (χ1n) is 10.0. The Morgan fingerprint density at radius 1 is 1.07 bits per heavy atom. The number of unbranched alkanes of at least 4 members (excludes halogenated alkanes) is 1. The van der Waals surface area contributed by atoms with Crippen LogP contribution in [0.3, 0.4) is 0 Å². The molecule has 0 saturated heterocycles. The average Bonchev–Trinajstić information content (AvgIpc) is 2.66. The Balaban J connectivity index is 1.71. The van der Waals surface area contributed by atoms with E-state index in [0.717, 1.165) is 75.9 Å². The molecule has 29 heavy (non-hydrogen) atoms. The zero-order chi connectivity index (χ0) is 21.5. The summed E-state index contributed by atoms with van der Waals surface area (Å²) < 4.78 is 70.9. The Morgan fingerprint density at radius 3 is 2.24 bits per heavy atom. The fourth-order valence-electron chi connectivity index (χ4n) is 3.42. The summed E-state index contributed by atoms with van der Waals surface area (Å²) in [5.74, 6) is 0.216. The fraction of sp³-hybridized carbons (Fsp3) is 0.700. The number of hydrogen-bond donors (Lipinski definition) is 1. The molecular formula is C20H31F3N2O3S. The van der Waals surface area contributed by atoms with Crippen LogP contribution >= 0.6 is 0 Å². The van der Waals surface area contributed by atoms with Crippen molar-refractivity contribution in [3.05, 3.63) is 29.8 Å². The fourth-order valence-corrected chi connectivity index (χ4v) is 4.53. The van der Waals surface area contributed by atoms with Gasteiger partial charge >= 0.3 is 6.18 Å². The second-order valence-electron chi connectivity index (χ2n) is 7.90. The highest BCUT2D eigenvalue weighted by Crippen LogP contribution is 2.30. The third kappa shape index (κ3) is 8.24. The molecule has 1 saturated carbocycles. The predicted octanol–water partition coefficient (Wildman–Crippen LogP) is 3.90. The van der Waals surface area contributed by atoms with Crippen molar-refractivity contribution in [3.8, 4) is 0 Å². The Morgan fingerprint density at radius 2 is 1.69 bits per heavy atom. The van der Waals surface area contributed by atoms with E-state index in [0.29, 0.717) is 6.54 Å². The lowest BCUT2D eigenvalue weighted by atomic mass is 9.87. The second kappa shape index (κ2) is 10.7. The maximum atomic E-state index is 12.6. The maximum absolute atomic E-state index is 12.6. The molecule has 5 nitrogen and oxygen atoms in total. The molecule has 0 bridgehead atoms. The van der Waals surface area contributed by atoms with Crippen LogP contribution in [0.1, 0.15) is 44.1 Å². The van der Waals surface area contributed by atoms with Crippen LogP contribution in [0.4, 0.5) is 13.2 Å². The molecule has 9 heteroatoms. The van der Waals surface area contributed by atoms with E-state index >= 15 is 0 Å². The Labute approximate surface area is 171 Å². The molecule has 1 N–H and O–H groups in total. The Bertz CT molecular complexity index is 713. The van der Waals surface area contributed by atoms with E-state index in [2.05, 4.69) is 9.62 Å². The minimum atomic E-state index is -4.48. The lowest BCUT2D eigenvalue weighted by molar-refractivity contribution is -0.137. The number of ether oxygens (including phenoxy) is 1. The van der Waals surface area contributed by atoms with Gasteiger partial charge in [-0.2, -0.15) is 13.2 Å². The molecule has 1 fully saturated rings. The summed E-state index contributed by atoms with van der Waals surface area (Å²) in [5.41, 5.74) is -0.864. The summed E-state index contributed by atoms with van der Waals surface area (Å²) in [6.45, 7) is 2.10. The van der Waals surface area contributed by atoms with Gasteiger partial charge in [0.25, 0.3) is 0 Å². The van der Waals surface area contributed by atoms with Crippen molar-refractivity contribution in [2.24, 2.45) is 5.92 Å². The molecule has 0 atom stereocenters. The number of sulfonamides is 1. The lowest BCUT2D eigenvalue weighted by Crippen LogP contribution is -2.32. The van der Waals surface area contributed by atoms with Crippen LogP contribution in [0.2, 0.25) is 0 Å². The monoisotopic (exact) mass is 436 g/mol. The van der Waals surface area contributed by atoms with Gasteiger partial charge in [0.15, 0.2) is 0 Å². The van der Waals surface area contributed by atoms with Crippen LogP contribution in [0.15, 0.2) is 29.2 Å². The smallest absolute Gasteiger partial charge is 0.378 e. The summed E-state index contributed by atoms with van der Waals surface area (Å²) in [6, 6.07) is 3.56. The van der Waals surface area contributed by atoms with E-state index in [1.54, 1.807) is 0 Å². The van der Waals surface area contributed by atoms with Gasteiger partial charge in [0.2, 0.25) is 10.0 Å². The van der Waals surface area contributed by atoms with Crippen molar-refractivity contribution in [2.75, 3.05) is 33.8 Å². The highest BCUT2D eigenvalue weighted by Gasteiger charge is 2.31. The van der Waals surface area contributed by atoms with Gasteiger partial charge in [-0.3, -0.25) is 0 Å². The van der Waals surface area contributed by atoms with Crippen LogP contribution < -0.4 is 4.72 Å². The minimum absolute atomic E-state index is 0.153. The van der Waals surface area contributed by atoms with Crippen LogP contribution in [0, 0.1) is 5.92 Å². The number of nitrogens with zero attached hydrogens (tertiary/aromatic N) is 1. The van der Waals surface area contributed by atoms with Gasteiger partial charge in [0, 0.05) is 13.2 Å². The third-order valence-corrected chi connectivity index (χ3v) is 6.64. The van der Waals surface area contributed by atoms with E-state index in [1.807, 2.05) is 14.1 Å². The van der Waals surface area contributed by atoms with Gasteiger partial charge in [0.05, 0.1) is 16.6 Å². The third-order valence-electron chi connectivity index (χ3n) is 5.20. The van der Waals surface area contributed by atoms with Crippen LogP contribution in [-0.4, -0.2) is 53.2 Å². The van der Waals surface area contributed by atoms with Crippen molar-refractivity contribution in [1.82, 2.24) is 9.62 Å². The standard InChI is InChI=1S/C20H31F3N2O3S/c1-25(2)13-3-4-14-28-18-9-5-16(6-10-18)15-24-29(26,27)19-11-7-17(8-12-19)20(21,22)23/h7-8,11-12,16,18,24H,3-6,9-10,13-15H2,1-2H3. The van der Waals surface area contributed by atoms with Crippen molar-refractivity contribution >= 4 is 10.0 Å². The van der Waals surface area contributed by atoms with Crippen LogP contribution in [0.5, 0.6) is 0 Å². The average molecular weight is 437 g/mol. The molecule has 166 valence electrons. The lowest BCUT2D eigenvalue weighted by Gasteiger charge is -2.28. The Hall–Kier alpha value is -1.16. The number of benzene rings is 1. The molecule has 0 amide bonds. The van der Waals surface area contributed by atoms with E-state index in [4.69, 9.17) is 4.74 Å². The molecule has 2 rings (SSSR count). The molecule has 1 aromatic rings. The number of alkyl halides is 3. The SMILES string of the molecule is CN(C)CCCCOC1CCC(CNS(=O)(=O)c2ccc(C(F)(F)F)cc2)CC1. The second-order valence-corrected chi connectivity index (χ2v) is 9.66. The maximum Gasteiger partial charge on any atom is 0.416 e. The normalized spacial score (nSPS) is 20.9. The zero-order valence-corrected chi connectivity index (χ0v) is 17.9. The molecule has 0 aromatic heterocycles. The number of nitrogens with one attached hydrogen (secondary N) is 1. The quantitative estimate of drug-likeness (QED) is 0.565. The van der Waals surface area contributed by atoms with Gasteiger partial charge in [-0.05, 0) is 89.3 Å². The van der Waals surface area contributed by atoms with Gasteiger partial charge in [-0.25, -0.2) is 13.1 Å². The molecule has 0 unspecified atom stereocenters. The van der Waals surface area contributed by atoms with Crippen molar-refractivity contribution < 1.29 is 26.3 Å². The van der Waals surface area contributed by atoms with E-state index in [1.165, 1.54) is 0 Å². The van der Waals surface area contributed by atoms with Gasteiger partial charge in [0.1, 0.15) is 0 Å². The molecule has 1 aliphatic rings. The van der Waals surface area contributed by atoms with Crippen LogP contribution in [-0.2, 0) is 20.9 Å². The number of rotatable bonds is 10. The summed E-state index contributed by atoms with van der Waals surface area (Å²) in [6.07, 6.45) is 1.44. The first-order chi connectivity index (χ1) is 13.6. The Kier molecular flexibility index (Phi) is 8.93. The first-order valence-corrected chi connectivity index (χ1v) is 11.5. The van der Waals surface area contributed by atoms with E-state index < -0.39 is 21.8 Å². The minimum Gasteiger partial charge on any atom is -0.378 e. The molecule has 1 aliphatic carbocycles. The summed E-state index contributed by atoms with van der Waals surface area (Å²) in [4.78, 5) is 2.00. The number of hydrogen-bond acceptors (Lipinski definition) is 4. The van der Waals surface area contributed by atoms with E-state index in [-0.39, 0.29) is 16.9 Å². The molecule has 0 heterocycles. The molecule has 0 radical (unpaired) electrons. The van der Waals surface area contributed by atoms with Gasteiger partial charge in [-0.1, -0.05) is 0 Å². The molecule has 1 aromatic carbocycles. The van der Waals surface area contributed by atoms with Gasteiger partial charge in [-0.15, -0.1) is 0 Å². The molecule has 0 aliphatic heterocycles. The van der Waals surface area contributed by atoms with Crippen molar-refractivity contribution in [1.29, 1.82) is 0 Å². The predicted molar refractivity (Wildman–Crippen MR) is 106 cm³/mol. The molecule has 0 spiro atoms. The molecular weight excluding hydrogens is 405 g/mol. The van der Waals surface area contributed by atoms with Gasteiger partial charge < -0.3 is 9.64 Å². The van der Waals surface area contributed by atoms with Crippen molar-refractivity contribution in [2.45, 2.75) is 55.7 Å². The largest absolute Gasteiger partial charge is 0.416 e. The van der Waals surface area contributed by atoms with Crippen molar-refractivity contribution in [3.63, 3.8) is 0 Å². The highest BCUT2D eigenvalue weighted by molar-refractivity contribution is 7.89. The topological polar surface area (TPSA) is 58.6 Å². The zero-order valence-electron chi connectivity index (χ0n) is 17.0. The summed E-state index contributed by atoms with van der Waals surface area (Å²) >= 11 is 0. The van der Waals surface area contributed by atoms with Crippen LogP contribution in [0.25, 0.3) is 0 Å². The summed E-state index contributed by atoms with van der Waals surface area (Å²) in [5, 5.41) is 0. The summed E-state index contributed by atoms with van der Waals surface area (Å²) in [7, 11) is 0.283.